The van der Waals surface area contributed by atoms with E-state index in [1.165, 1.54) is 14.1 Å². The van der Waals surface area contributed by atoms with Crippen molar-refractivity contribution in [3.63, 3.8) is 0 Å². The van der Waals surface area contributed by atoms with Crippen molar-refractivity contribution in [2.75, 3.05) is 14.1 Å². The SMILES string of the molecule is CN1C(=O)NC(=O)C(C)(O)C1O.CN1C(=O)NC(=O)C(C)(O)C1O.O.O.[O]=[Os]=[O].[O]=[Os]=[O].c1ccncc1.c1ccncc1.c1ccncc1.c1ccncc1.c1ccncc1. The molecule has 6 amide bonds. The van der Waals surface area contributed by atoms with Crippen LogP contribution in [0.4, 0.5) is 9.59 Å². The molecule has 25 heteroatoms. The first-order valence-corrected chi connectivity index (χ1v) is 20.7. The third-order valence-electron chi connectivity index (χ3n) is 6.57. The van der Waals surface area contributed by atoms with Gasteiger partial charge in [0.1, 0.15) is 0 Å². The molecule has 4 atom stereocenters. The topological polar surface area (TPSA) is 375 Å². The van der Waals surface area contributed by atoms with Crippen molar-refractivity contribution >= 4 is 23.9 Å². The van der Waals surface area contributed by atoms with E-state index in [-0.39, 0.29) is 11.0 Å². The summed E-state index contributed by atoms with van der Waals surface area (Å²) in [7, 11) is 2.56. The summed E-state index contributed by atoms with van der Waals surface area (Å²) in [5.74, 6) is -1.78. The molecule has 7 rings (SSSR count). The van der Waals surface area contributed by atoms with Crippen LogP contribution < -0.4 is 10.6 Å². The number of likely N-dealkylation sites (N-methyl/N-ethyl adjacent to an activating group) is 2. The molecule has 4 unspecified atom stereocenters. The first-order valence-electron chi connectivity index (χ1n) is 16.5. The molecule has 0 radical (unpaired) electrons. The Morgan fingerprint density at radius 3 is 0.726 bits per heavy atom. The van der Waals surface area contributed by atoms with Crippen molar-refractivity contribution in [3.8, 4) is 0 Å². The molecule has 5 aromatic heterocycles. The summed E-state index contributed by atoms with van der Waals surface area (Å²) in [5.41, 5.74) is -3.88. The fourth-order valence-electron chi connectivity index (χ4n) is 3.40. The number of aromatic nitrogens is 5. The number of amides is 6. The normalized spacial score (nSPS) is 18.6. The average Bonchev–Trinajstić information content (AvgIpc) is 3.29. The molecule has 0 bridgehead atoms. The van der Waals surface area contributed by atoms with Gasteiger partial charge in [0.15, 0.2) is 23.7 Å². The van der Waals surface area contributed by atoms with Gasteiger partial charge in [-0.05, 0) is 74.5 Å². The predicted molar refractivity (Wildman–Crippen MR) is 207 cm³/mol. The van der Waals surface area contributed by atoms with Crippen LogP contribution in [-0.2, 0) is 58.4 Å². The van der Waals surface area contributed by atoms with Crippen LogP contribution >= 0.6 is 0 Å². The number of aliphatic hydroxyl groups excluding tert-OH is 2. The summed E-state index contributed by atoms with van der Waals surface area (Å²) in [6.07, 6.45) is 14.5. The van der Waals surface area contributed by atoms with Crippen LogP contribution in [0, 0.1) is 0 Å². The number of carbonyl (C=O) groups excluding carboxylic acids is 4. The number of urea groups is 2. The van der Waals surface area contributed by atoms with Gasteiger partial charge in [0.25, 0.3) is 11.8 Å². The van der Waals surface area contributed by atoms with Crippen LogP contribution in [-0.4, -0.2) is 128 Å². The minimum absolute atomic E-state index is 0. The Morgan fingerprint density at radius 2 is 0.613 bits per heavy atom. The zero-order chi connectivity index (χ0) is 45.7. The van der Waals surface area contributed by atoms with E-state index in [4.69, 9.17) is 14.2 Å². The molecule has 0 aromatic carbocycles. The molecule has 0 spiro atoms. The summed E-state index contributed by atoms with van der Waals surface area (Å²) >= 11 is -4.17. The number of carbonyl (C=O) groups is 4. The van der Waals surface area contributed by atoms with Gasteiger partial charge in [-0.2, -0.15) is 0 Å². The average molecular weight is 1220 g/mol. The van der Waals surface area contributed by atoms with E-state index in [1.54, 1.807) is 62.0 Å². The summed E-state index contributed by atoms with van der Waals surface area (Å²) in [6.45, 7) is 2.27. The van der Waals surface area contributed by atoms with E-state index in [9.17, 15) is 39.6 Å². The zero-order valence-electron chi connectivity index (χ0n) is 33.5. The largest absolute Gasteiger partial charge is 0.265 e. The van der Waals surface area contributed by atoms with Gasteiger partial charge in [-0.15, -0.1) is 0 Å². The van der Waals surface area contributed by atoms with Gasteiger partial charge < -0.3 is 31.4 Å². The van der Waals surface area contributed by atoms with Gasteiger partial charge in [-0.3, -0.25) is 54.9 Å². The molecular formula is C37H49N9O14Os2. The third-order valence-corrected chi connectivity index (χ3v) is 6.57. The van der Waals surface area contributed by atoms with Crippen LogP contribution in [0.15, 0.2) is 153 Å². The smallest absolute Gasteiger partial charge is 0.0267 e. The number of hydrogen-bond acceptors (Lipinski definition) is 17. The zero-order valence-corrected chi connectivity index (χ0v) is 38.6. The second-order valence-corrected chi connectivity index (χ2v) is 11.9. The Labute approximate surface area is 371 Å². The van der Waals surface area contributed by atoms with Crippen molar-refractivity contribution in [2.24, 2.45) is 0 Å². The van der Waals surface area contributed by atoms with Crippen LogP contribution in [0.2, 0.25) is 0 Å². The van der Waals surface area contributed by atoms with E-state index >= 15 is 0 Å². The summed E-state index contributed by atoms with van der Waals surface area (Å²) in [6, 6.07) is 27.1. The molecule has 62 heavy (non-hydrogen) atoms. The second-order valence-electron chi connectivity index (χ2n) is 11.0. The molecule has 2 saturated heterocycles. The maximum Gasteiger partial charge on any atom is 0.0267 e. The molecule has 10 N–H and O–H groups in total. The Balaban J connectivity index is -0.000000314. The maximum absolute atomic E-state index is 10.9. The number of hydrogen-bond donors (Lipinski definition) is 6. The fourth-order valence-corrected chi connectivity index (χ4v) is 3.40. The Hall–Kier alpha value is -6.14. The molecular weight excluding hydrogens is 1170 g/mol. The van der Waals surface area contributed by atoms with Crippen molar-refractivity contribution in [1.82, 2.24) is 45.4 Å². The number of imide groups is 2. The molecule has 2 fully saturated rings. The van der Waals surface area contributed by atoms with E-state index in [0.717, 1.165) is 23.6 Å². The minimum Gasteiger partial charge on any atom is -0.265 e. The number of rotatable bonds is 0. The van der Waals surface area contributed by atoms with Crippen LogP contribution in [0.5, 0.6) is 0 Å². The minimum atomic E-state index is -2.08. The molecule has 0 saturated carbocycles. The van der Waals surface area contributed by atoms with Gasteiger partial charge >= 0.3 is 60.8 Å². The second kappa shape index (κ2) is 39.0. The van der Waals surface area contributed by atoms with Crippen molar-refractivity contribution < 1.29 is 99.3 Å². The summed E-state index contributed by atoms with van der Waals surface area (Å²) < 4.78 is 34.1. The van der Waals surface area contributed by atoms with Crippen molar-refractivity contribution in [1.29, 1.82) is 0 Å². The molecule has 5 aromatic rings. The Kier molecular flexibility index (Phi) is 39.3. The molecule has 7 heterocycles. The van der Waals surface area contributed by atoms with Crippen molar-refractivity contribution in [3.05, 3.63) is 153 Å². The summed E-state index contributed by atoms with van der Waals surface area (Å²) in [4.78, 5) is 64.1. The van der Waals surface area contributed by atoms with Gasteiger partial charge in [0.05, 0.1) is 0 Å². The van der Waals surface area contributed by atoms with Crippen LogP contribution in [0.3, 0.4) is 0 Å². The summed E-state index contributed by atoms with van der Waals surface area (Å²) in [5, 5.41) is 40.9. The first-order chi connectivity index (χ1) is 28.6. The molecule has 0 aliphatic carbocycles. The first kappa shape index (κ1) is 62.5. The van der Waals surface area contributed by atoms with Gasteiger partial charge in [0, 0.05) is 76.1 Å². The third kappa shape index (κ3) is 29.1. The number of aliphatic hydroxyl groups is 4. The van der Waals surface area contributed by atoms with Crippen LogP contribution in [0.1, 0.15) is 13.8 Å². The van der Waals surface area contributed by atoms with E-state index in [0.29, 0.717) is 0 Å². The molecule has 2 aliphatic rings. The standard InChI is InChI=1S/2C6H10N2O4.5C5H5N.2H2O.4O.2Os/c2*1-6(12)3(9)7-5(11)8(2)4(6)10;5*1-2-4-6-5-3-1;;;;;;;;/h2*4,10,12H,1-2H3,(H,7,9,11);5*1-5H;2*1H2;;;;;;. The molecule has 2 aliphatic heterocycles. The number of nitrogens with one attached hydrogen (secondary N) is 2. The van der Waals surface area contributed by atoms with Gasteiger partial charge in [0.2, 0.25) is 0 Å². The predicted octanol–water partition coefficient (Wildman–Crippen LogP) is -0.247. The van der Waals surface area contributed by atoms with Gasteiger partial charge in [-0.25, -0.2) is 9.59 Å². The van der Waals surface area contributed by atoms with E-state index in [1.807, 2.05) is 102 Å². The molecule has 23 nitrogen and oxygen atoms in total. The van der Waals surface area contributed by atoms with Crippen LogP contribution in [0.25, 0.3) is 0 Å². The number of nitrogens with zero attached hydrogens (tertiary/aromatic N) is 7. The van der Waals surface area contributed by atoms with Gasteiger partial charge in [-0.1, -0.05) is 30.3 Å². The maximum atomic E-state index is 10.9. The molecule has 342 valence electrons. The number of pyridine rings is 5. The van der Waals surface area contributed by atoms with Crippen molar-refractivity contribution in [2.45, 2.75) is 37.5 Å². The monoisotopic (exact) mass is 1230 g/mol. The Bertz CT molecular complexity index is 1550. The Morgan fingerprint density at radius 1 is 0.452 bits per heavy atom. The quantitative estimate of drug-likeness (QED) is 0.116. The van der Waals surface area contributed by atoms with E-state index in [2.05, 4.69) is 24.9 Å². The van der Waals surface area contributed by atoms with E-state index < -0.39 is 82.2 Å². The fraction of sp³-hybridized carbons (Fsp3) is 0.216.